The van der Waals surface area contributed by atoms with Crippen LogP contribution in [0.4, 0.5) is 8.78 Å². The number of primary sulfonamides is 1. The predicted octanol–water partition coefficient (Wildman–Crippen LogP) is 5.90. The summed E-state index contributed by atoms with van der Waals surface area (Å²) in [6, 6.07) is 8.23. The van der Waals surface area contributed by atoms with E-state index < -0.39 is 48.2 Å². The number of rotatable bonds is 9. The van der Waals surface area contributed by atoms with Gasteiger partial charge in [0.05, 0.1) is 11.8 Å². The summed E-state index contributed by atoms with van der Waals surface area (Å²) in [5, 5.41) is 11.4. The highest BCUT2D eigenvalue weighted by molar-refractivity contribution is 7.90. The molecule has 2 atom stereocenters. The van der Waals surface area contributed by atoms with E-state index >= 15 is 0 Å². The van der Waals surface area contributed by atoms with Crippen LogP contribution in [0.1, 0.15) is 146 Å². The SMILES string of the molecule is CC(C)c1cc(F)cc2c1C(C(=O)Cl)CC2(C)C.CC(C)c1cc(F)cc2c1C(C(=O)NS(=O)(=O)c1cc(C(=O)N(C)C)n(C)n1)CC2(C)C.CN(C)C(=O)c1cc(S(N)(=O)=O)nn1C. The number of fused-ring (bicyclic) bond motifs is 2. The van der Waals surface area contributed by atoms with Crippen LogP contribution in [-0.2, 0) is 54.6 Å². The van der Waals surface area contributed by atoms with Crippen LogP contribution < -0.4 is 9.86 Å². The first-order chi connectivity index (χ1) is 29.6. The lowest BCUT2D eigenvalue weighted by Crippen LogP contribution is -2.35. The average Bonchev–Trinajstić information content (AvgIpc) is 3.91. The highest BCUT2D eigenvalue weighted by Gasteiger charge is 2.44. The standard InChI is InChI=1S/C22H29FN4O4S.C15H18ClFO.C7H12N4O3S/c1-12(2)14-8-13(23)9-16-19(14)15(11-22(16,3)4)20(28)25-32(30,31)18-10-17(27(7)24-18)21(29)26(5)6;1-8(2)10-5-9(17)6-12-13(10)11(14(16)18)7-15(12,3)4;1-10(2)7(12)5-4-6(9-11(5)3)15(8,13)14/h8-10,12,15H,11H2,1-7H3,(H,25,28);5-6,8,11H,7H2,1-4H3;4H,1-3H3,(H2,8,13,14). The van der Waals surface area contributed by atoms with E-state index in [1.165, 1.54) is 46.8 Å². The Morgan fingerprint density at radius 2 is 1.08 bits per heavy atom. The van der Waals surface area contributed by atoms with Gasteiger partial charge in [0.25, 0.3) is 31.9 Å². The second kappa shape index (κ2) is 19.0. The van der Waals surface area contributed by atoms with Gasteiger partial charge in [-0.3, -0.25) is 28.5 Å². The summed E-state index contributed by atoms with van der Waals surface area (Å²) in [5.74, 6) is -2.96. The van der Waals surface area contributed by atoms with E-state index in [1.807, 2.05) is 55.4 Å². The van der Waals surface area contributed by atoms with E-state index in [0.717, 1.165) is 39.1 Å². The Morgan fingerprint density at radius 3 is 1.43 bits per heavy atom. The lowest BCUT2D eigenvalue weighted by Gasteiger charge is -2.20. The monoisotopic (exact) mass is 964 g/mol. The van der Waals surface area contributed by atoms with E-state index in [0.29, 0.717) is 24.0 Å². The molecule has 0 spiro atoms. The number of carbonyl (C=O) groups excluding carboxylic acids is 4. The number of aryl methyl sites for hydroxylation is 2. The van der Waals surface area contributed by atoms with Crippen LogP contribution in [0.2, 0.25) is 0 Å². The Balaban J connectivity index is 0.000000236. The van der Waals surface area contributed by atoms with Crippen LogP contribution in [0.15, 0.2) is 46.5 Å². The van der Waals surface area contributed by atoms with Crippen molar-refractivity contribution in [2.45, 2.75) is 113 Å². The number of hydrogen-bond donors (Lipinski definition) is 2. The summed E-state index contributed by atoms with van der Waals surface area (Å²) in [5.41, 5.74) is 4.45. The zero-order valence-corrected chi connectivity index (χ0v) is 41.6. The minimum Gasteiger partial charge on any atom is -0.343 e. The molecule has 3 N–H and O–H groups in total. The third-order valence-corrected chi connectivity index (χ3v) is 13.8. The molecule has 6 rings (SSSR count). The molecule has 4 aromatic rings. The van der Waals surface area contributed by atoms with Crippen molar-refractivity contribution in [3.8, 4) is 0 Å². The van der Waals surface area contributed by atoms with Crippen LogP contribution in [-0.4, -0.2) is 97.4 Å². The maximum absolute atomic E-state index is 14.3. The molecular formula is C44H59ClF2N8O8S2. The molecule has 2 aliphatic carbocycles. The molecule has 2 aromatic heterocycles. The number of carbonyl (C=O) groups is 4. The molecule has 0 saturated heterocycles. The van der Waals surface area contributed by atoms with Gasteiger partial charge in [0.1, 0.15) is 23.0 Å². The Morgan fingerprint density at radius 1 is 0.708 bits per heavy atom. The summed E-state index contributed by atoms with van der Waals surface area (Å²) >= 11 is 5.72. The molecule has 2 unspecified atom stereocenters. The molecule has 65 heavy (non-hydrogen) atoms. The minimum absolute atomic E-state index is 0.0457. The molecule has 0 aliphatic heterocycles. The fraction of sp³-hybridized carbons (Fsp3) is 0.500. The van der Waals surface area contributed by atoms with Crippen LogP contribution >= 0.6 is 11.6 Å². The highest BCUT2D eigenvalue weighted by atomic mass is 35.5. The van der Waals surface area contributed by atoms with E-state index in [4.69, 9.17) is 16.7 Å². The summed E-state index contributed by atoms with van der Waals surface area (Å²) in [6.07, 6.45) is 1.01. The van der Waals surface area contributed by atoms with E-state index in [2.05, 4.69) is 14.9 Å². The maximum atomic E-state index is 14.3. The van der Waals surface area contributed by atoms with Gasteiger partial charge in [-0.05, 0) is 105 Å². The molecule has 0 fully saturated rings. The van der Waals surface area contributed by atoms with Gasteiger partial charge in [0.15, 0.2) is 10.1 Å². The molecule has 3 amide bonds. The van der Waals surface area contributed by atoms with E-state index in [9.17, 15) is 44.8 Å². The molecule has 2 aliphatic rings. The Labute approximate surface area is 385 Å². The van der Waals surface area contributed by atoms with Crippen LogP contribution in [0.3, 0.4) is 0 Å². The van der Waals surface area contributed by atoms with Crippen LogP contribution in [0.25, 0.3) is 0 Å². The number of benzene rings is 2. The number of aromatic nitrogens is 4. The molecule has 21 heteroatoms. The molecule has 2 heterocycles. The zero-order chi connectivity index (χ0) is 49.6. The first-order valence-electron chi connectivity index (χ1n) is 20.6. The zero-order valence-electron chi connectivity index (χ0n) is 39.2. The van der Waals surface area contributed by atoms with Crippen molar-refractivity contribution in [1.29, 1.82) is 0 Å². The summed E-state index contributed by atoms with van der Waals surface area (Å²) in [4.78, 5) is 51.2. The normalized spacial score (nSPS) is 17.0. The van der Waals surface area contributed by atoms with Crippen molar-refractivity contribution in [3.63, 3.8) is 0 Å². The van der Waals surface area contributed by atoms with Gasteiger partial charge in [0.2, 0.25) is 11.1 Å². The molecule has 16 nitrogen and oxygen atoms in total. The largest absolute Gasteiger partial charge is 0.343 e. The van der Waals surface area contributed by atoms with Crippen LogP contribution in [0.5, 0.6) is 0 Å². The van der Waals surface area contributed by atoms with Gasteiger partial charge in [-0.25, -0.2) is 27.1 Å². The number of nitrogens with zero attached hydrogens (tertiary/aromatic N) is 6. The molecule has 2 aromatic carbocycles. The Bertz CT molecular complexity index is 2760. The van der Waals surface area contributed by atoms with Gasteiger partial charge >= 0.3 is 0 Å². The average molecular weight is 966 g/mol. The quantitative estimate of drug-likeness (QED) is 0.189. The number of amides is 3. The van der Waals surface area contributed by atoms with Gasteiger partial charge < -0.3 is 9.80 Å². The molecule has 0 saturated carbocycles. The lowest BCUT2D eigenvalue weighted by atomic mass is 9.85. The summed E-state index contributed by atoms with van der Waals surface area (Å²) < 4.78 is 80.2. The highest BCUT2D eigenvalue weighted by Crippen LogP contribution is 2.50. The summed E-state index contributed by atoms with van der Waals surface area (Å²) in [7, 11) is 0.957. The summed E-state index contributed by atoms with van der Waals surface area (Å²) in [6.45, 7) is 15.7. The lowest BCUT2D eigenvalue weighted by molar-refractivity contribution is -0.121. The topological polar surface area (TPSA) is 217 Å². The third kappa shape index (κ3) is 11.3. The van der Waals surface area contributed by atoms with Gasteiger partial charge in [-0.1, -0.05) is 55.4 Å². The van der Waals surface area contributed by atoms with Crippen molar-refractivity contribution in [3.05, 3.63) is 92.8 Å². The van der Waals surface area contributed by atoms with Gasteiger partial charge in [0, 0.05) is 54.4 Å². The molecular weight excluding hydrogens is 906 g/mol. The number of sulfonamides is 2. The third-order valence-electron chi connectivity index (χ3n) is 11.5. The van der Waals surface area contributed by atoms with Crippen molar-refractivity contribution in [1.82, 2.24) is 34.1 Å². The Kier molecular flexibility index (Phi) is 15.4. The maximum Gasteiger partial charge on any atom is 0.283 e. The first kappa shape index (κ1) is 52.6. The molecule has 0 bridgehead atoms. The van der Waals surface area contributed by atoms with Crippen LogP contribution in [0, 0.1) is 11.6 Å². The van der Waals surface area contributed by atoms with Gasteiger partial charge in [-0.2, -0.15) is 18.6 Å². The van der Waals surface area contributed by atoms with Crippen molar-refractivity contribution < 1.29 is 44.8 Å². The molecule has 0 radical (unpaired) electrons. The second-order valence-electron chi connectivity index (χ2n) is 18.7. The van der Waals surface area contributed by atoms with Crippen molar-refractivity contribution in [2.75, 3.05) is 28.2 Å². The van der Waals surface area contributed by atoms with Crippen molar-refractivity contribution >= 4 is 54.6 Å². The number of nitrogens with two attached hydrogens (primary N) is 1. The first-order valence-corrected chi connectivity index (χ1v) is 24.0. The predicted molar refractivity (Wildman–Crippen MR) is 242 cm³/mol. The number of nitrogens with one attached hydrogen (secondary N) is 1. The smallest absolute Gasteiger partial charge is 0.283 e. The molecule has 356 valence electrons. The second-order valence-corrected chi connectivity index (χ2v) is 22.2. The van der Waals surface area contributed by atoms with E-state index in [-0.39, 0.29) is 62.4 Å². The van der Waals surface area contributed by atoms with Crippen molar-refractivity contribution in [2.24, 2.45) is 19.2 Å². The van der Waals surface area contributed by atoms with E-state index in [1.54, 1.807) is 34.3 Å². The fourth-order valence-electron chi connectivity index (χ4n) is 8.26. The fourth-order valence-corrected chi connectivity index (χ4v) is 9.97. The van der Waals surface area contributed by atoms with Gasteiger partial charge in [-0.15, -0.1) is 0 Å². The number of hydrogen-bond acceptors (Lipinski definition) is 10. The Hall–Kier alpha value is -5.05. The number of halogens is 3. The minimum atomic E-state index is -4.32.